The first kappa shape index (κ1) is 43.6. The van der Waals surface area contributed by atoms with Crippen LogP contribution in [0.3, 0.4) is 0 Å². The minimum atomic E-state index is 0.577. The molecule has 3 heterocycles. The first-order valence-electron chi connectivity index (χ1n) is 24.4. The van der Waals surface area contributed by atoms with Crippen molar-refractivity contribution < 1.29 is 0 Å². The molecule has 0 bridgehead atoms. The molecule has 14 rings (SSSR count). The lowest BCUT2D eigenvalue weighted by Crippen LogP contribution is -1.96. The maximum atomic E-state index is 9.98. The summed E-state index contributed by atoms with van der Waals surface area (Å²) in [5.74, 6) is 0.603. The molecule has 0 saturated carbocycles. The van der Waals surface area contributed by atoms with Gasteiger partial charge in [-0.05, 0) is 138 Å². The van der Waals surface area contributed by atoms with Gasteiger partial charge in [-0.15, -0.1) is 0 Å². The van der Waals surface area contributed by atoms with Crippen molar-refractivity contribution in [1.29, 1.82) is 5.26 Å². The lowest BCUT2D eigenvalue weighted by Gasteiger charge is -2.13. The predicted octanol–water partition coefficient (Wildman–Crippen LogP) is 17.8. The molecule has 0 N–H and O–H groups in total. The van der Waals surface area contributed by atoms with Crippen LogP contribution >= 0.6 is 0 Å². The molecule has 3 aromatic heterocycles. The standard InChI is InChI=1S/C35H21N3.C33H19N3/c36-22-23-18-26(32-21-25-12-4-5-13-28(25)29-14-6-7-15-30(29)32)20-27(19-23)35-37-33-17-9-8-16-31(33)34(38-35)24-10-2-1-3-11-24;1-34-26-18-24(30-20-23-7-2-3-9-27(23)28-10-4-5-11-29(28)30)17-25(19-26)31-15-14-22-13-12-21-8-6-16-35-32(21)33(22)36-31/h1-21H;2-20H. The van der Waals surface area contributed by atoms with Crippen molar-refractivity contribution in [1.82, 2.24) is 19.9 Å². The Morgan fingerprint density at radius 1 is 0.378 bits per heavy atom. The quantitative estimate of drug-likeness (QED) is 0.127. The van der Waals surface area contributed by atoms with Crippen molar-refractivity contribution in [2.24, 2.45) is 0 Å². The van der Waals surface area contributed by atoms with Crippen molar-refractivity contribution in [2.45, 2.75) is 0 Å². The number of rotatable bonds is 5. The molecule has 0 aliphatic rings. The van der Waals surface area contributed by atoms with Crippen LogP contribution in [0.1, 0.15) is 5.56 Å². The second-order valence-electron chi connectivity index (χ2n) is 18.4. The van der Waals surface area contributed by atoms with Crippen LogP contribution in [-0.2, 0) is 0 Å². The van der Waals surface area contributed by atoms with Gasteiger partial charge in [-0.25, -0.2) is 19.8 Å². The minimum absolute atomic E-state index is 0.577. The maximum absolute atomic E-state index is 9.98. The van der Waals surface area contributed by atoms with Crippen molar-refractivity contribution in [3.63, 3.8) is 0 Å². The van der Waals surface area contributed by atoms with E-state index in [1.54, 1.807) is 6.20 Å². The van der Waals surface area contributed by atoms with Gasteiger partial charge in [-0.1, -0.05) is 170 Å². The molecule has 0 aliphatic heterocycles. The summed E-state index contributed by atoms with van der Waals surface area (Å²) in [5, 5.41) is 22.6. The van der Waals surface area contributed by atoms with Gasteiger partial charge in [0.05, 0.1) is 46.1 Å². The molecule has 14 aromatic rings. The summed E-state index contributed by atoms with van der Waals surface area (Å²) in [5.41, 5.74) is 12.5. The summed E-state index contributed by atoms with van der Waals surface area (Å²) in [6.45, 7) is 7.79. The molecular formula is C68H40N6. The van der Waals surface area contributed by atoms with Gasteiger partial charge in [0.2, 0.25) is 0 Å². The smallest absolute Gasteiger partial charge is 0.188 e. The van der Waals surface area contributed by atoms with Crippen LogP contribution in [0.25, 0.3) is 137 Å². The van der Waals surface area contributed by atoms with E-state index in [0.717, 1.165) is 88.4 Å². The normalized spacial score (nSPS) is 11.2. The van der Waals surface area contributed by atoms with Crippen molar-refractivity contribution in [2.75, 3.05) is 0 Å². The molecule has 0 unspecified atom stereocenters. The predicted molar refractivity (Wildman–Crippen MR) is 305 cm³/mol. The van der Waals surface area contributed by atoms with Crippen LogP contribution in [0.15, 0.2) is 243 Å². The third-order valence-corrected chi connectivity index (χ3v) is 13.9. The first-order valence-corrected chi connectivity index (χ1v) is 24.4. The topological polar surface area (TPSA) is 79.7 Å². The molecule has 0 radical (unpaired) electrons. The molecule has 0 spiro atoms. The zero-order valence-corrected chi connectivity index (χ0v) is 39.8. The third kappa shape index (κ3) is 7.86. The van der Waals surface area contributed by atoms with Crippen LogP contribution in [0.4, 0.5) is 5.69 Å². The third-order valence-electron chi connectivity index (χ3n) is 13.9. The zero-order chi connectivity index (χ0) is 49.5. The Morgan fingerprint density at radius 2 is 0.905 bits per heavy atom. The van der Waals surface area contributed by atoms with Crippen LogP contribution in [0, 0.1) is 17.9 Å². The van der Waals surface area contributed by atoms with Gasteiger partial charge in [0.1, 0.15) is 0 Å². The van der Waals surface area contributed by atoms with Gasteiger partial charge in [0.25, 0.3) is 0 Å². The van der Waals surface area contributed by atoms with Crippen LogP contribution in [0.5, 0.6) is 0 Å². The second kappa shape index (κ2) is 18.4. The minimum Gasteiger partial charge on any atom is -0.254 e. The van der Waals surface area contributed by atoms with E-state index in [1.807, 2.05) is 72.8 Å². The van der Waals surface area contributed by atoms with E-state index in [4.69, 9.17) is 21.5 Å². The van der Waals surface area contributed by atoms with Crippen LogP contribution in [-0.4, -0.2) is 19.9 Å². The Bertz CT molecular complexity index is 4650. The molecule has 0 saturated heterocycles. The van der Waals surface area contributed by atoms with Gasteiger partial charge in [-0.3, -0.25) is 4.98 Å². The number of benzene rings is 11. The van der Waals surface area contributed by atoms with Gasteiger partial charge in [-0.2, -0.15) is 5.26 Å². The van der Waals surface area contributed by atoms with E-state index >= 15 is 0 Å². The van der Waals surface area contributed by atoms with Crippen molar-refractivity contribution >= 4 is 81.5 Å². The second-order valence-corrected chi connectivity index (χ2v) is 18.4. The van der Waals surface area contributed by atoms with E-state index in [-0.39, 0.29) is 0 Å². The number of hydrogen-bond acceptors (Lipinski definition) is 5. The van der Waals surface area contributed by atoms with Gasteiger partial charge < -0.3 is 0 Å². The Balaban J connectivity index is 0.000000143. The number of fused-ring (bicyclic) bond motifs is 10. The summed E-state index contributed by atoms with van der Waals surface area (Å²) in [6, 6.07) is 83.1. The Morgan fingerprint density at radius 3 is 1.58 bits per heavy atom. The van der Waals surface area contributed by atoms with Crippen molar-refractivity contribution in [3.05, 3.63) is 260 Å². The number of nitrogens with zero attached hydrogens (tertiary/aromatic N) is 6. The van der Waals surface area contributed by atoms with Gasteiger partial charge >= 0.3 is 0 Å². The fourth-order valence-corrected chi connectivity index (χ4v) is 10.4. The Labute approximate surface area is 426 Å². The number of pyridine rings is 2. The zero-order valence-electron chi connectivity index (χ0n) is 39.8. The highest BCUT2D eigenvalue weighted by Gasteiger charge is 2.17. The number of aromatic nitrogens is 4. The maximum Gasteiger partial charge on any atom is 0.188 e. The highest BCUT2D eigenvalue weighted by Crippen LogP contribution is 2.40. The van der Waals surface area contributed by atoms with E-state index in [9.17, 15) is 5.26 Å². The lowest BCUT2D eigenvalue weighted by atomic mass is 9.91. The molecule has 0 atom stereocenters. The number of hydrogen-bond donors (Lipinski definition) is 0. The summed E-state index contributed by atoms with van der Waals surface area (Å²) in [7, 11) is 0. The molecule has 6 heteroatoms. The summed E-state index contributed by atoms with van der Waals surface area (Å²) < 4.78 is 0. The Kier molecular flexibility index (Phi) is 10.8. The highest BCUT2D eigenvalue weighted by molar-refractivity contribution is 6.15. The molecule has 0 amide bonds. The summed E-state index contributed by atoms with van der Waals surface area (Å²) in [4.78, 5) is 23.4. The van der Waals surface area contributed by atoms with E-state index in [2.05, 4.69) is 180 Å². The Hall–Kier alpha value is -10.4. The fourth-order valence-electron chi connectivity index (χ4n) is 10.4. The fraction of sp³-hybridized carbons (Fsp3) is 0. The van der Waals surface area contributed by atoms with E-state index < -0.39 is 0 Å². The molecule has 0 fully saturated rings. The summed E-state index contributed by atoms with van der Waals surface area (Å²) >= 11 is 0. The first-order chi connectivity index (χ1) is 36.6. The van der Waals surface area contributed by atoms with Gasteiger partial charge in [0, 0.05) is 33.5 Å². The SMILES string of the molecule is N#Cc1cc(-c2nc(-c3ccccc3)c3ccccc3n2)cc(-c2cc3ccccc3c3ccccc23)c1.[C-]#[N+]c1cc(-c2ccc3ccc4cccnc4c3n2)cc(-c2cc3ccccc3c3ccccc23)c1. The largest absolute Gasteiger partial charge is 0.254 e. The monoisotopic (exact) mass is 940 g/mol. The van der Waals surface area contributed by atoms with Crippen molar-refractivity contribution in [3.8, 4) is 62.2 Å². The molecule has 11 aromatic carbocycles. The molecule has 74 heavy (non-hydrogen) atoms. The molecule has 342 valence electrons. The van der Waals surface area contributed by atoms with Gasteiger partial charge in [0.15, 0.2) is 11.5 Å². The average molecular weight is 941 g/mol. The van der Waals surface area contributed by atoms with E-state index in [1.165, 1.54) is 37.7 Å². The lowest BCUT2D eigenvalue weighted by molar-refractivity contribution is 1.23. The van der Waals surface area contributed by atoms with Crippen LogP contribution in [0.2, 0.25) is 0 Å². The van der Waals surface area contributed by atoms with E-state index in [0.29, 0.717) is 17.1 Å². The number of para-hydroxylation sites is 1. The summed E-state index contributed by atoms with van der Waals surface area (Å²) in [6.07, 6.45) is 1.80. The molecule has 0 aliphatic carbocycles. The number of nitriles is 1. The molecular weight excluding hydrogens is 901 g/mol. The molecule has 6 nitrogen and oxygen atoms in total. The highest BCUT2D eigenvalue weighted by atomic mass is 14.9. The van der Waals surface area contributed by atoms with Crippen LogP contribution < -0.4 is 0 Å². The average Bonchev–Trinajstić information content (AvgIpc) is 3.49.